The Morgan fingerprint density at radius 3 is 2.40 bits per heavy atom. The molecule has 0 radical (unpaired) electrons. The predicted octanol–water partition coefficient (Wildman–Crippen LogP) is 5.31. The number of benzene rings is 2. The smallest absolute Gasteiger partial charge is 0.230 e. The van der Waals surface area contributed by atoms with Crippen LogP contribution in [0.2, 0.25) is 0 Å². The van der Waals surface area contributed by atoms with Gasteiger partial charge >= 0.3 is 0 Å². The number of pyridine rings is 2. The zero-order valence-corrected chi connectivity index (χ0v) is 22.9. The van der Waals surface area contributed by atoms with Crippen LogP contribution in [-0.4, -0.2) is 38.8 Å². The normalized spacial score (nSPS) is 19.5. The fraction of sp³-hybridized carbons (Fsp3) is 0.303. The highest BCUT2D eigenvalue weighted by Gasteiger charge is 2.43. The van der Waals surface area contributed by atoms with Crippen molar-refractivity contribution in [3.63, 3.8) is 0 Å². The lowest BCUT2D eigenvalue weighted by Crippen LogP contribution is -2.41. The monoisotopic (exact) mass is 533 g/mol. The van der Waals surface area contributed by atoms with Crippen LogP contribution in [0.1, 0.15) is 41.2 Å². The minimum atomic E-state index is -0.340. The van der Waals surface area contributed by atoms with Gasteiger partial charge in [-0.1, -0.05) is 30.3 Å². The van der Waals surface area contributed by atoms with E-state index < -0.39 is 0 Å². The number of aromatic nitrogens is 2. The van der Waals surface area contributed by atoms with E-state index in [0.717, 1.165) is 50.6 Å². The standard InChI is InChI=1S/C26H27N3O2.C7H8N2/c1-26(25(30)29-17-21-10-12-27-15-22(21)18-29)11-13-28(19-26)16-20-6-5-9-24(14-20)31-23-7-3-2-4-8-23;1-2-8-4-7-5-9-3-6(1)7/h2-10,12,14-15H,11,13,16-19H2,1H3;1-2,4,9H,3,5H2. The Balaban J connectivity index is 0.000000271. The largest absolute Gasteiger partial charge is 0.457 e. The number of amides is 1. The van der Waals surface area contributed by atoms with Crippen LogP contribution in [0.15, 0.2) is 91.5 Å². The summed E-state index contributed by atoms with van der Waals surface area (Å²) in [6.07, 6.45) is 8.34. The van der Waals surface area contributed by atoms with Crippen molar-refractivity contribution >= 4 is 5.91 Å². The van der Waals surface area contributed by atoms with Crippen LogP contribution in [0.5, 0.6) is 11.5 Å². The Bertz CT molecular complexity index is 1430. The molecule has 1 saturated heterocycles. The van der Waals surface area contributed by atoms with E-state index in [4.69, 9.17) is 4.74 Å². The molecule has 0 saturated carbocycles. The van der Waals surface area contributed by atoms with Crippen LogP contribution in [0, 0.1) is 5.41 Å². The van der Waals surface area contributed by atoms with Crippen LogP contribution in [0.25, 0.3) is 0 Å². The first-order valence-electron chi connectivity index (χ1n) is 13.9. The van der Waals surface area contributed by atoms with Crippen molar-refractivity contribution in [2.75, 3.05) is 13.1 Å². The minimum absolute atomic E-state index is 0.257. The van der Waals surface area contributed by atoms with Gasteiger partial charge in [0.25, 0.3) is 0 Å². The molecular weight excluding hydrogens is 498 g/mol. The molecule has 1 unspecified atom stereocenters. The first kappa shape index (κ1) is 26.2. The van der Waals surface area contributed by atoms with Gasteiger partial charge in [-0.15, -0.1) is 0 Å². The SMILES string of the molecule is CC1(C(=O)N2Cc3ccncc3C2)CCN(Cc2cccc(Oc3ccccc3)c2)C1.c1cc2c(cn1)CNC2. The molecule has 40 heavy (non-hydrogen) atoms. The maximum Gasteiger partial charge on any atom is 0.230 e. The molecule has 4 aromatic rings. The first-order chi connectivity index (χ1) is 19.6. The molecule has 1 amide bonds. The molecule has 0 spiro atoms. The Kier molecular flexibility index (Phi) is 7.58. The van der Waals surface area contributed by atoms with Crippen molar-refractivity contribution in [3.8, 4) is 11.5 Å². The van der Waals surface area contributed by atoms with Gasteiger partial charge in [0.1, 0.15) is 11.5 Å². The number of ether oxygens (including phenoxy) is 1. The number of para-hydroxylation sites is 1. The maximum atomic E-state index is 13.4. The van der Waals surface area contributed by atoms with Crippen molar-refractivity contribution in [2.24, 2.45) is 5.41 Å². The van der Waals surface area contributed by atoms with E-state index in [0.29, 0.717) is 13.1 Å². The van der Waals surface area contributed by atoms with Crippen LogP contribution in [-0.2, 0) is 37.5 Å². The van der Waals surface area contributed by atoms with E-state index in [1.165, 1.54) is 27.8 Å². The summed E-state index contributed by atoms with van der Waals surface area (Å²) < 4.78 is 5.98. The van der Waals surface area contributed by atoms with Crippen LogP contribution in [0.4, 0.5) is 0 Å². The highest BCUT2D eigenvalue weighted by Crippen LogP contribution is 2.36. The molecule has 1 atom stereocenters. The van der Waals surface area contributed by atoms with Crippen molar-refractivity contribution in [1.82, 2.24) is 25.1 Å². The molecule has 1 fully saturated rings. The molecule has 2 aromatic carbocycles. The zero-order valence-electron chi connectivity index (χ0n) is 22.9. The summed E-state index contributed by atoms with van der Waals surface area (Å²) in [5, 5.41) is 3.25. The lowest BCUT2D eigenvalue weighted by atomic mass is 9.88. The molecule has 5 heterocycles. The number of likely N-dealkylation sites (tertiary alicyclic amines) is 1. The quantitative estimate of drug-likeness (QED) is 0.375. The van der Waals surface area contributed by atoms with E-state index in [9.17, 15) is 4.79 Å². The number of nitrogens with zero attached hydrogens (tertiary/aromatic N) is 4. The highest BCUT2D eigenvalue weighted by atomic mass is 16.5. The van der Waals surface area contributed by atoms with Gasteiger partial charge < -0.3 is 15.0 Å². The van der Waals surface area contributed by atoms with Crippen LogP contribution < -0.4 is 10.1 Å². The van der Waals surface area contributed by atoms with Gasteiger partial charge in [-0.05, 0) is 84.1 Å². The average Bonchev–Trinajstić information content (AvgIpc) is 3.72. The lowest BCUT2D eigenvalue weighted by Gasteiger charge is -2.29. The summed E-state index contributed by atoms with van der Waals surface area (Å²) in [6, 6.07) is 22.1. The molecular formula is C33H35N5O2. The van der Waals surface area contributed by atoms with Gasteiger partial charge in [-0.3, -0.25) is 19.7 Å². The molecule has 1 N–H and O–H groups in total. The summed E-state index contributed by atoms with van der Waals surface area (Å²) >= 11 is 0. The number of hydrogen-bond acceptors (Lipinski definition) is 6. The van der Waals surface area contributed by atoms with Gasteiger partial charge in [-0.2, -0.15) is 0 Å². The molecule has 0 aliphatic carbocycles. The van der Waals surface area contributed by atoms with Crippen molar-refractivity contribution < 1.29 is 9.53 Å². The number of rotatable bonds is 5. The topological polar surface area (TPSA) is 70.6 Å². The Morgan fingerprint density at radius 2 is 1.60 bits per heavy atom. The highest BCUT2D eigenvalue weighted by molar-refractivity contribution is 5.83. The molecule has 7 rings (SSSR count). The molecule has 3 aliphatic rings. The molecule has 7 nitrogen and oxygen atoms in total. The fourth-order valence-corrected chi connectivity index (χ4v) is 5.82. The zero-order chi connectivity index (χ0) is 27.4. The Labute approximate surface area is 235 Å². The first-order valence-corrected chi connectivity index (χ1v) is 13.9. The second kappa shape index (κ2) is 11.6. The second-order valence-electron chi connectivity index (χ2n) is 11.1. The van der Waals surface area contributed by atoms with Crippen molar-refractivity contribution in [3.05, 3.63) is 119 Å². The van der Waals surface area contributed by atoms with Crippen molar-refractivity contribution in [1.29, 1.82) is 0 Å². The van der Waals surface area contributed by atoms with E-state index >= 15 is 0 Å². The molecule has 0 bridgehead atoms. The number of hydrogen-bond donors (Lipinski definition) is 1. The van der Waals surface area contributed by atoms with E-state index in [1.54, 1.807) is 6.20 Å². The second-order valence-corrected chi connectivity index (χ2v) is 11.1. The summed E-state index contributed by atoms with van der Waals surface area (Å²) in [6.45, 7) is 8.02. The molecule has 2 aromatic heterocycles. The Morgan fingerprint density at radius 1 is 0.875 bits per heavy atom. The van der Waals surface area contributed by atoms with Crippen LogP contribution in [0.3, 0.4) is 0 Å². The number of fused-ring (bicyclic) bond motifs is 2. The molecule has 3 aliphatic heterocycles. The van der Waals surface area contributed by atoms with Gasteiger partial charge in [0.15, 0.2) is 0 Å². The summed E-state index contributed by atoms with van der Waals surface area (Å²) in [5.41, 5.74) is 5.99. The van der Waals surface area contributed by atoms with E-state index in [-0.39, 0.29) is 11.3 Å². The fourth-order valence-electron chi connectivity index (χ4n) is 5.82. The van der Waals surface area contributed by atoms with Gasteiger partial charge in [-0.25, -0.2) is 0 Å². The minimum Gasteiger partial charge on any atom is -0.457 e. The predicted molar refractivity (Wildman–Crippen MR) is 154 cm³/mol. The number of carbonyl (C=O) groups excluding carboxylic acids is 1. The van der Waals surface area contributed by atoms with Gasteiger partial charge in [0.05, 0.1) is 5.41 Å². The number of nitrogens with one attached hydrogen (secondary N) is 1. The third kappa shape index (κ3) is 5.91. The number of carbonyl (C=O) groups is 1. The summed E-state index contributed by atoms with van der Waals surface area (Å²) in [7, 11) is 0. The van der Waals surface area contributed by atoms with Crippen LogP contribution >= 0.6 is 0 Å². The van der Waals surface area contributed by atoms with E-state index in [2.05, 4.69) is 45.3 Å². The third-order valence-electron chi connectivity index (χ3n) is 8.00. The van der Waals surface area contributed by atoms with Crippen molar-refractivity contribution in [2.45, 2.75) is 46.1 Å². The average molecular weight is 534 g/mol. The van der Waals surface area contributed by atoms with Gasteiger partial charge in [0.2, 0.25) is 5.91 Å². The summed E-state index contributed by atoms with van der Waals surface area (Å²) in [5.74, 6) is 1.93. The molecule has 204 valence electrons. The Hall–Kier alpha value is -4.07. The lowest BCUT2D eigenvalue weighted by molar-refractivity contribution is -0.141. The van der Waals surface area contributed by atoms with Gasteiger partial charge in [0, 0.05) is 64.1 Å². The maximum absolute atomic E-state index is 13.4. The third-order valence-corrected chi connectivity index (χ3v) is 8.00. The molecule has 7 heteroatoms. The van der Waals surface area contributed by atoms with E-state index in [1.807, 2.05) is 72.0 Å². The summed E-state index contributed by atoms with van der Waals surface area (Å²) in [4.78, 5) is 25.9.